The smallest absolute Gasteiger partial charge is 0.317 e. The summed E-state index contributed by atoms with van der Waals surface area (Å²) < 4.78 is 4.69. The Hall–Kier alpha value is -1.36. The third-order valence-corrected chi connectivity index (χ3v) is 2.10. The van der Waals surface area contributed by atoms with Crippen molar-refractivity contribution in [3.63, 3.8) is 0 Å². The molecule has 13 heavy (non-hydrogen) atoms. The summed E-state index contributed by atoms with van der Waals surface area (Å²) in [6, 6.07) is 3.66. The van der Waals surface area contributed by atoms with E-state index in [9.17, 15) is 9.59 Å². The molecule has 0 amide bonds. The molecule has 0 spiro atoms. The van der Waals surface area contributed by atoms with Gasteiger partial charge in [-0.15, -0.1) is 11.3 Å². The molecule has 5 heteroatoms. The van der Waals surface area contributed by atoms with Crippen LogP contribution in [-0.4, -0.2) is 17.0 Å². The fourth-order valence-electron chi connectivity index (χ4n) is 0.721. The molecule has 0 saturated heterocycles. The number of carbonyl (C=O) groups is 2. The first-order chi connectivity index (χ1) is 6.18. The minimum Gasteiger partial charge on any atom is -0.481 e. The highest BCUT2D eigenvalue weighted by atomic mass is 32.1. The van der Waals surface area contributed by atoms with E-state index >= 15 is 0 Å². The Morgan fingerprint density at radius 3 is 2.85 bits per heavy atom. The lowest BCUT2D eigenvalue weighted by atomic mass is 10.4. The van der Waals surface area contributed by atoms with Gasteiger partial charge in [-0.1, -0.05) is 6.07 Å². The fourth-order valence-corrected chi connectivity index (χ4v) is 1.34. The summed E-state index contributed by atoms with van der Waals surface area (Å²) in [4.78, 5) is 21.7. The van der Waals surface area contributed by atoms with E-state index in [2.05, 4.69) is 4.74 Å². The first-order valence-electron chi connectivity index (χ1n) is 3.58. The summed E-state index contributed by atoms with van der Waals surface area (Å²) in [5.41, 5.74) is 0. The predicted molar refractivity (Wildman–Crippen MR) is 46.4 cm³/mol. The van der Waals surface area contributed by atoms with Crippen molar-refractivity contribution in [2.75, 3.05) is 0 Å². The molecule has 1 rings (SSSR count). The van der Waals surface area contributed by atoms with Crippen LogP contribution in [0, 0.1) is 0 Å². The Balaban J connectivity index is 2.27. The number of carboxylic acids is 1. The maximum absolute atomic E-state index is 10.8. The maximum Gasteiger partial charge on any atom is 0.317 e. The van der Waals surface area contributed by atoms with Crippen LogP contribution in [-0.2, 0) is 20.9 Å². The number of thiophene rings is 1. The normalized spacial score (nSPS) is 9.54. The van der Waals surface area contributed by atoms with Gasteiger partial charge < -0.3 is 9.84 Å². The standard InChI is InChI=1S/C8H8O4S/c9-7(10)4-8(11)12-5-6-2-1-3-13-6/h1-3H,4-5H2,(H,9,10). The summed E-state index contributed by atoms with van der Waals surface area (Å²) in [6.07, 6.45) is -0.578. The first-order valence-corrected chi connectivity index (χ1v) is 4.46. The van der Waals surface area contributed by atoms with Crippen LogP contribution in [0.25, 0.3) is 0 Å². The number of ether oxygens (including phenoxy) is 1. The van der Waals surface area contributed by atoms with Crippen LogP contribution in [0.5, 0.6) is 0 Å². The lowest BCUT2D eigenvalue weighted by molar-refractivity contribution is -0.152. The molecule has 0 aliphatic carbocycles. The van der Waals surface area contributed by atoms with E-state index < -0.39 is 18.4 Å². The third kappa shape index (κ3) is 3.71. The molecule has 1 aromatic rings. The summed E-state index contributed by atoms with van der Waals surface area (Å²) >= 11 is 1.46. The van der Waals surface area contributed by atoms with Gasteiger partial charge in [0.2, 0.25) is 0 Å². The minimum atomic E-state index is -1.17. The van der Waals surface area contributed by atoms with Gasteiger partial charge in [0.15, 0.2) is 0 Å². The van der Waals surface area contributed by atoms with Crippen LogP contribution in [0.15, 0.2) is 17.5 Å². The van der Waals surface area contributed by atoms with E-state index in [4.69, 9.17) is 5.11 Å². The van der Waals surface area contributed by atoms with Crippen LogP contribution in [0.2, 0.25) is 0 Å². The van der Waals surface area contributed by atoms with E-state index in [0.717, 1.165) is 4.88 Å². The Morgan fingerprint density at radius 1 is 1.54 bits per heavy atom. The van der Waals surface area contributed by atoms with Gasteiger partial charge in [0.1, 0.15) is 13.0 Å². The average molecular weight is 200 g/mol. The Labute approximate surface area is 78.8 Å². The van der Waals surface area contributed by atoms with Crippen molar-refractivity contribution in [1.82, 2.24) is 0 Å². The van der Waals surface area contributed by atoms with E-state index in [-0.39, 0.29) is 6.61 Å². The summed E-state index contributed by atoms with van der Waals surface area (Å²) in [5.74, 6) is -1.88. The van der Waals surface area contributed by atoms with Crippen molar-refractivity contribution >= 4 is 23.3 Å². The van der Waals surface area contributed by atoms with Gasteiger partial charge in [-0.05, 0) is 11.4 Å². The number of esters is 1. The van der Waals surface area contributed by atoms with Gasteiger partial charge in [-0.3, -0.25) is 9.59 Å². The van der Waals surface area contributed by atoms with Crippen molar-refractivity contribution < 1.29 is 19.4 Å². The molecule has 0 radical (unpaired) electrons. The molecule has 0 saturated carbocycles. The van der Waals surface area contributed by atoms with Gasteiger partial charge in [0.05, 0.1) is 0 Å². The van der Waals surface area contributed by atoms with Gasteiger partial charge in [-0.2, -0.15) is 0 Å². The van der Waals surface area contributed by atoms with Crippen LogP contribution < -0.4 is 0 Å². The quantitative estimate of drug-likeness (QED) is 0.587. The van der Waals surface area contributed by atoms with Gasteiger partial charge in [-0.25, -0.2) is 0 Å². The van der Waals surface area contributed by atoms with E-state index in [0.29, 0.717) is 0 Å². The summed E-state index contributed by atoms with van der Waals surface area (Å²) in [6.45, 7) is 0.157. The Kier molecular flexibility index (Phi) is 3.45. The highest BCUT2D eigenvalue weighted by Gasteiger charge is 2.08. The molecular weight excluding hydrogens is 192 g/mol. The van der Waals surface area contributed by atoms with Crippen LogP contribution >= 0.6 is 11.3 Å². The molecular formula is C8H8O4S. The molecule has 0 aliphatic heterocycles. The Bertz CT molecular complexity index is 291. The lowest BCUT2D eigenvalue weighted by Crippen LogP contribution is -2.09. The van der Waals surface area contributed by atoms with Crippen LogP contribution in [0.1, 0.15) is 11.3 Å². The zero-order chi connectivity index (χ0) is 9.68. The number of rotatable bonds is 4. The largest absolute Gasteiger partial charge is 0.481 e. The number of hydrogen-bond acceptors (Lipinski definition) is 4. The van der Waals surface area contributed by atoms with Crippen LogP contribution in [0.3, 0.4) is 0 Å². The zero-order valence-electron chi connectivity index (χ0n) is 6.73. The van der Waals surface area contributed by atoms with E-state index in [1.54, 1.807) is 0 Å². The third-order valence-electron chi connectivity index (χ3n) is 1.25. The van der Waals surface area contributed by atoms with Gasteiger partial charge in [0.25, 0.3) is 0 Å². The van der Waals surface area contributed by atoms with Crippen molar-refractivity contribution in [2.24, 2.45) is 0 Å². The van der Waals surface area contributed by atoms with E-state index in [1.807, 2.05) is 17.5 Å². The lowest BCUT2D eigenvalue weighted by Gasteiger charge is -1.99. The molecule has 0 fully saturated rings. The topological polar surface area (TPSA) is 63.6 Å². The molecule has 70 valence electrons. The number of hydrogen-bond donors (Lipinski definition) is 1. The minimum absolute atomic E-state index is 0.157. The van der Waals surface area contributed by atoms with Crippen molar-refractivity contribution in [3.05, 3.63) is 22.4 Å². The monoisotopic (exact) mass is 200 g/mol. The molecule has 0 atom stereocenters. The SMILES string of the molecule is O=C(O)CC(=O)OCc1cccs1. The molecule has 1 N–H and O–H groups in total. The molecule has 1 aromatic heterocycles. The first kappa shape index (κ1) is 9.73. The predicted octanol–water partition coefficient (Wildman–Crippen LogP) is 1.27. The van der Waals surface area contributed by atoms with E-state index in [1.165, 1.54) is 11.3 Å². The second-order valence-corrected chi connectivity index (χ2v) is 3.34. The molecule has 0 aliphatic rings. The maximum atomic E-state index is 10.8. The zero-order valence-corrected chi connectivity index (χ0v) is 7.54. The van der Waals surface area contributed by atoms with Gasteiger partial charge >= 0.3 is 11.9 Å². The molecule has 1 heterocycles. The Morgan fingerprint density at radius 2 is 2.31 bits per heavy atom. The molecule has 0 bridgehead atoms. The number of aliphatic carboxylic acids is 1. The van der Waals surface area contributed by atoms with Crippen molar-refractivity contribution in [1.29, 1.82) is 0 Å². The van der Waals surface area contributed by atoms with Crippen molar-refractivity contribution in [2.45, 2.75) is 13.0 Å². The van der Waals surface area contributed by atoms with Crippen LogP contribution in [0.4, 0.5) is 0 Å². The van der Waals surface area contributed by atoms with Gasteiger partial charge in [0, 0.05) is 4.88 Å². The second kappa shape index (κ2) is 4.61. The molecule has 0 aromatic carbocycles. The summed E-state index contributed by atoms with van der Waals surface area (Å²) in [7, 11) is 0. The highest BCUT2D eigenvalue weighted by Crippen LogP contribution is 2.09. The fraction of sp³-hybridized carbons (Fsp3) is 0.250. The highest BCUT2D eigenvalue weighted by molar-refractivity contribution is 7.09. The average Bonchev–Trinajstić information content (AvgIpc) is 2.51. The van der Waals surface area contributed by atoms with Crippen molar-refractivity contribution in [3.8, 4) is 0 Å². The summed E-state index contributed by atoms with van der Waals surface area (Å²) in [5, 5.41) is 10.1. The second-order valence-electron chi connectivity index (χ2n) is 2.31. The number of carbonyl (C=O) groups excluding carboxylic acids is 1. The number of carboxylic acid groups (broad SMARTS) is 1. The molecule has 4 nitrogen and oxygen atoms in total. The molecule has 0 unspecified atom stereocenters.